The molecule has 0 saturated heterocycles. The fourth-order valence-corrected chi connectivity index (χ4v) is 1.65. The van der Waals surface area contributed by atoms with Crippen LogP contribution < -0.4 is 5.32 Å². The number of nitrogens with zero attached hydrogens (tertiary/aromatic N) is 3. The Morgan fingerprint density at radius 1 is 1.50 bits per heavy atom. The van der Waals surface area contributed by atoms with Crippen LogP contribution in [-0.2, 0) is 13.1 Å². The van der Waals surface area contributed by atoms with E-state index in [9.17, 15) is 0 Å². The summed E-state index contributed by atoms with van der Waals surface area (Å²) in [5, 5.41) is 3.40. The van der Waals surface area contributed by atoms with E-state index in [4.69, 9.17) is 0 Å². The molecule has 2 aromatic heterocycles. The van der Waals surface area contributed by atoms with Gasteiger partial charge in [0.05, 0.1) is 12.7 Å². The average molecular weight is 219 g/mol. The topological polar surface area (TPSA) is 58.5 Å². The van der Waals surface area contributed by atoms with Gasteiger partial charge in [-0.15, -0.1) is 0 Å². The monoisotopic (exact) mass is 219 g/mol. The molecule has 2 aromatic rings. The minimum absolute atomic E-state index is 0.581. The van der Waals surface area contributed by atoms with Crippen molar-refractivity contribution in [3.63, 3.8) is 0 Å². The van der Waals surface area contributed by atoms with Crippen molar-refractivity contribution in [2.45, 2.75) is 20.0 Å². The van der Waals surface area contributed by atoms with Crippen molar-refractivity contribution in [3.05, 3.63) is 36.9 Å². The highest BCUT2D eigenvalue weighted by atomic mass is 15.0. The second-order valence-corrected chi connectivity index (χ2v) is 4.07. The lowest BCUT2D eigenvalue weighted by atomic mass is 10.2. The Morgan fingerprint density at radius 3 is 3.12 bits per heavy atom. The van der Waals surface area contributed by atoms with Crippen molar-refractivity contribution in [2.24, 2.45) is 5.92 Å². The quantitative estimate of drug-likeness (QED) is 0.763. The van der Waals surface area contributed by atoms with Crippen LogP contribution in [0.25, 0.3) is 0 Å². The van der Waals surface area contributed by atoms with Gasteiger partial charge >= 0.3 is 0 Å². The van der Waals surface area contributed by atoms with E-state index in [1.807, 2.05) is 24.9 Å². The summed E-state index contributed by atoms with van der Waals surface area (Å²) in [6, 6.07) is 0. The Balaban J connectivity index is 1.66. The number of H-pyrrole nitrogens is 1. The highest BCUT2D eigenvalue weighted by molar-refractivity contribution is 4.93. The summed E-state index contributed by atoms with van der Waals surface area (Å²) < 4.78 is 2.10. The molecule has 0 aliphatic carbocycles. The van der Waals surface area contributed by atoms with Gasteiger partial charge in [0.15, 0.2) is 0 Å². The molecule has 5 nitrogen and oxygen atoms in total. The first-order chi connectivity index (χ1) is 7.84. The molecule has 1 atom stereocenters. The Morgan fingerprint density at radius 2 is 2.44 bits per heavy atom. The molecule has 0 fully saturated rings. The van der Waals surface area contributed by atoms with Gasteiger partial charge in [-0.1, -0.05) is 6.92 Å². The maximum atomic E-state index is 4.03. The van der Waals surface area contributed by atoms with Crippen molar-refractivity contribution >= 4 is 0 Å². The van der Waals surface area contributed by atoms with Gasteiger partial charge in [-0.05, 0) is 12.5 Å². The highest BCUT2D eigenvalue weighted by Gasteiger charge is 2.02. The first kappa shape index (κ1) is 10.9. The van der Waals surface area contributed by atoms with E-state index in [-0.39, 0.29) is 0 Å². The van der Waals surface area contributed by atoms with E-state index in [1.54, 1.807) is 6.33 Å². The van der Waals surface area contributed by atoms with Crippen LogP contribution in [0, 0.1) is 5.92 Å². The van der Waals surface area contributed by atoms with Gasteiger partial charge in [0.1, 0.15) is 0 Å². The van der Waals surface area contributed by atoms with Crippen LogP contribution in [0.5, 0.6) is 0 Å². The molecule has 2 N–H and O–H groups in total. The normalized spacial score (nSPS) is 12.8. The summed E-state index contributed by atoms with van der Waals surface area (Å²) in [6.45, 7) is 5.04. The van der Waals surface area contributed by atoms with Crippen LogP contribution in [0.3, 0.4) is 0 Å². The zero-order valence-electron chi connectivity index (χ0n) is 9.43. The first-order valence-electron chi connectivity index (χ1n) is 5.48. The van der Waals surface area contributed by atoms with E-state index in [0.29, 0.717) is 5.92 Å². The summed E-state index contributed by atoms with van der Waals surface area (Å²) in [5.41, 5.74) is 1.12. The molecule has 16 heavy (non-hydrogen) atoms. The van der Waals surface area contributed by atoms with Crippen molar-refractivity contribution in [1.29, 1.82) is 0 Å². The second-order valence-electron chi connectivity index (χ2n) is 4.07. The Bertz CT molecular complexity index is 378. The molecular weight excluding hydrogens is 202 g/mol. The largest absolute Gasteiger partial charge is 0.347 e. The number of aromatic nitrogens is 4. The number of hydrogen-bond donors (Lipinski definition) is 2. The molecule has 2 heterocycles. The molecule has 0 spiro atoms. The summed E-state index contributed by atoms with van der Waals surface area (Å²) in [5.74, 6) is 0.581. The number of rotatable bonds is 6. The Labute approximate surface area is 94.9 Å². The summed E-state index contributed by atoms with van der Waals surface area (Å²) in [7, 11) is 0. The lowest BCUT2D eigenvalue weighted by molar-refractivity contribution is 0.444. The van der Waals surface area contributed by atoms with Gasteiger partial charge in [-0.3, -0.25) is 0 Å². The minimum Gasteiger partial charge on any atom is -0.347 e. The fourth-order valence-electron chi connectivity index (χ4n) is 1.65. The third-order valence-electron chi connectivity index (χ3n) is 2.44. The lowest BCUT2D eigenvalue weighted by Crippen LogP contribution is -2.23. The lowest BCUT2D eigenvalue weighted by Gasteiger charge is -2.12. The van der Waals surface area contributed by atoms with Crippen LogP contribution >= 0.6 is 0 Å². The first-order valence-corrected chi connectivity index (χ1v) is 5.48. The SMILES string of the molecule is CC(CNCc1cnc[nH]1)Cn1ccnc1. The Kier molecular flexibility index (Phi) is 3.71. The van der Waals surface area contributed by atoms with Crippen molar-refractivity contribution in [2.75, 3.05) is 6.54 Å². The molecular formula is C11H17N5. The van der Waals surface area contributed by atoms with E-state index >= 15 is 0 Å². The second kappa shape index (κ2) is 5.46. The molecule has 0 radical (unpaired) electrons. The minimum atomic E-state index is 0.581. The smallest absolute Gasteiger partial charge is 0.0946 e. The number of nitrogens with one attached hydrogen (secondary N) is 2. The number of imidazole rings is 2. The molecule has 86 valence electrons. The van der Waals surface area contributed by atoms with E-state index in [0.717, 1.165) is 25.3 Å². The van der Waals surface area contributed by atoms with Gasteiger partial charge in [0, 0.05) is 37.4 Å². The predicted molar refractivity (Wildman–Crippen MR) is 61.7 cm³/mol. The van der Waals surface area contributed by atoms with Crippen molar-refractivity contribution in [3.8, 4) is 0 Å². The molecule has 5 heteroatoms. The Hall–Kier alpha value is -1.62. The summed E-state index contributed by atoms with van der Waals surface area (Å²) >= 11 is 0. The zero-order chi connectivity index (χ0) is 11.2. The summed E-state index contributed by atoms with van der Waals surface area (Å²) in [6.07, 6.45) is 9.20. The van der Waals surface area contributed by atoms with Gasteiger partial charge < -0.3 is 14.9 Å². The molecule has 0 aliphatic rings. The highest BCUT2D eigenvalue weighted by Crippen LogP contribution is 1.99. The van der Waals surface area contributed by atoms with Gasteiger partial charge in [-0.2, -0.15) is 0 Å². The maximum Gasteiger partial charge on any atom is 0.0946 e. The third-order valence-corrected chi connectivity index (χ3v) is 2.44. The predicted octanol–water partition coefficient (Wildman–Crippen LogP) is 1.03. The standard InChI is InChI=1S/C11H17N5/c1-10(7-16-3-2-12-9-16)4-13-5-11-6-14-8-15-11/h2-3,6,8-10,13H,4-5,7H2,1H3,(H,14,15). The third kappa shape index (κ3) is 3.20. The van der Waals surface area contributed by atoms with Crippen molar-refractivity contribution in [1.82, 2.24) is 24.8 Å². The van der Waals surface area contributed by atoms with E-state index < -0.39 is 0 Å². The van der Waals surface area contributed by atoms with Crippen molar-refractivity contribution < 1.29 is 0 Å². The summed E-state index contributed by atoms with van der Waals surface area (Å²) in [4.78, 5) is 11.1. The van der Waals surface area contributed by atoms with Crippen LogP contribution in [0.4, 0.5) is 0 Å². The molecule has 0 aromatic carbocycles. The van der Waals surface area contributed by atoms with Gasteiger partial charge in [0.2, 0.25) is 0 Å². The van der Waals surface area contributed by atoms with Gasteiger partial charge in [-0.25, -0.2) is 9.97 Å². The molecule has 0 aliphatic heterocycles. The van der Waals surface area contributed by atoms with Crippen LogP contribution in [0.2, 0.25) is 0 Å². The average Bonchev–Trinajstić information content (AvgIpc) is 2.90. The zero-order valence-corrected chi connectivity index (χ0v) is 9.43. The molecule has 2 rings (SSSR count). The van der Waals surface area contributed by atoms with Gasteiger partial charge in [0.25, 0.3) is 0 Å². The van der Waals surface area contributed by atoms with Crippen LogP contribution in [-0.4, -0.2) is 26.1 Å². The molecule has 0 saturated carbocycles. The van der Waals surface area contributed by atoms with E-state index in [1.165, 1.54) is 0 Å². The molecule has 0 amide bonds. The number of aromatic amines is 1. The molecule has 1 unspecified atom stereocenters. The van der Waals surface area contributed by atoms with Crippen LogP contribution in [0.1, 0.15) is 12.6 Å². The number of hydrogen-bond acceptors (Lipinski definition) is 3. The molecule has 0 bridgehead atoms. The fraction of sp³-hybridized carbons (Fsp3) is 0.455. The maximum absolute atomic E-state index is 4.03. The van der Waals surface area contributed by atoms with E-state index in [2.05, 4.69) is 31.8 Å². The van der Waals surface area contributed by atoms with Crippen LogP contribution in [0.15, 0.2) is 31.2 Å².